The molecule has 1 amide bonds. The van der Waals surface area contributed by atoms with Gasteiger partial charge in [-0.1, -0.05) is 22.6 Å². The van der Waals surface area contributed by atoms with Crippen LogP contribution in [0.25, 0.3) is 0 Å². The maximum Gasteiger partial charge on any atom is 0.410 e. The molecule has 0 aromatic carbocycles. The smallest absolute Gasteiger partial charge is 0.410 e. The van der Waals surface area contributed by atoms with Crippen molar-refractivity contribution in [2.45, 2.75) is 48.6 Å². The highest BCUT2D eigenvalue weighted by atomic mass is 127. The summed E-state index contributed by atoms with van der Waals surface area (Å²) in [5.74, 6) is 0. The summed E-state index contributed by atoms with van der Waals surface area (Å²) in [4.78, 5) is 13.7. The summed E-state index contributed by atoms with van der Waals surface area (Å²) < 4.78 is 5.83. The largest absolute Gasteiger partial charge is 0.450 e. The minimum absolute atomic E-state index is 0.0942. The third-order valence-electron chi connectivity index (χ3n) is 3.15. The number of ether oxygens (including phenoxy) is 1. The number of rotatable bonds is 1. The molecule has 0 radical (unpaired) electrons. The molecular weight excluding hydrogens is 293 g/mol. The van der Waals surface area contributed by atoms with E-state index in [2.05, 4.69) is 22.6 Å². The predicted molar refractivity (Wildman–Crippen MR) is 62.7 cm³/mol. The van der Waals surface area contributed by atoms with Crippen LogP contribution in [0, 0.1) is 0 Å². The third-order valence-corrected chi connectivity index (χ3v) is 4.17. The molecule has 3 nitrogen and oxygen atoms in total. The second-order valence-electron chi connectivity index (χ2n) is 4.06. The van der Waals surface area contributed by atoms with Gasteiger partial charge in [-0.2, -0.15) is 0 Å². The van der Waals surface area contributed by atoms with Gasteiger partial charge >= 0.3 is 6.09 Å². The summed E-state index contributed by atoms with van der Waals surface area (Å²) in [5.41, 5.74) is 0. The van der Waals surface area contributed by atoms with Crippen molar-refractivity contribution in [2.75, 3.05) is 6.61 Å². The van der Waals surface area contributed by atoms with Crippen LogP contribution in [0.15, 0.2) is 0 Å². The van der Waals surface area contributed by atoms with Gasteiger partial charge in [0, 0.05) is 16.0 Å². The molecule has 80 valence electrons. The summed E-state index contributed by atoms with van der Waals surface area (Å²) >= 11 is 2.50. The lowest BCUT2D eigenvalue weighted by atomic mass is 10.0. The first kappa shape index (κ1) is 10.5. The fraction of sp³-hybridized carbons (Fsp3) is 0.900. The van der Waals surface area contributed by atoms with E-state index in [4.69, 9.17) is 4.74 Å². The molecule has 2 fully saturated rings. The molecule has 2 aliphatic rings. The number of carbonyl (C=O) groups is 1. The number of alkyl halides is 1. The molecular formula is C10H16INO2. The van der Waals surface area contributed by atoms with Crippen molar-refractivity contribution in [3.63, 3.8) is 0 Å². The lowest BCUT2D eigenvalue weighted by Gasteiger charge is -2.36. The van der Waals surface area contributed by atoms with E-state index in [1.165, 1.54) is 12.8 Å². The molecule has 2 saturated heterocycles. The van der Waals surface area contributed by atoms with Gasteiger partial charge in [-0.05, 0) is 32.6 Å². The molecule has 0 N–H and O–H groups in total. The second kappa shape index (κ2) is 4.24. The Kier molecular flexibility index (Phi) is 3.19. The highest BCUT2D eigenvalue weighted by Crippen LogP contribution is 2.38. The van der Waals surface area contributed by atoms with Crippen LogP contribution in [0.5, 0.6) is 0 Å². The molecule has 4 heteroatoms. The van der Waals surface area contributed by atoms with Crippen LogP contribution in [-0.4, -0.2) is 33.6 Å². The van der Waals surface area contributed by atoms with Crippen molar-refractivity contribution < 1.29 is 9.53 Å². The Hall–Kier alpha value is 0. The maximum atomic E-state index is 11.7. The Bertz CT molecular complexity index is 220. The second-order valence-corrected chi connectivity index (χ2v) is 5.82. The minimum Gasteiger partial charge on any atom is -0.450 e. The van der Waals surface area contributed by atoms with Crippen molar-refractivity contribution >= 4 is 28.7 Å². The van der Waals surface area contributed by atoms with E-state index >= 15 is 0 Å². The molecule has 0 aliphatic carbocycles. The number of hydrogen-bond donors (Lipinski definition) is 0. The zero-order valence-electron chi connectivity index (χ0n) is 8.41. The van der Waals surface area contributed by atoms with Crippen LogP contribution in [0.3, 0.4) is 0 Å². The maximum absolute atomic E-state index is 11.7. The average molecular weight is 309 g/mol. The van der Waals surface area contributed by atoms with Gasteiger partial charge in [-0.25, -0.2) is 4.79 Å². The lowest BCUT2D eigenvalue weighted by Crippen LogP contribution is -2.47. The van der Waals surface area contributed by atoms with E-state index in [1.807, 2.05) is 11.8 Å². The first-order valence-electron chi connectivity index (χ1n) is 5.31. The minimum atomic E-state index is -0.0942. The van der Waals surface area contributed by atoms with E-state index in [0.717, 1.165) is 16.8 Å². The van der Waals surface area contributed by atoms with E-state index in [9.17, 15) is 4.79 Å². The topological polar surface area (TPSA) is 29.5 Å². The molecule has 2 bridgehead atoms. The molecule has 0 aromatic rings. The molecule has 2 aliphatic heterocycles. The van der Waals surface area contributed by atoms with Crippen molar-refractivity contribution in [1.29, 1.82) is 0 Å². The molecule has 0 saturated carbocycles. The Balaban J connectivity index is 2.03. The Morgan fingerprint density at radius 1 is 1.43 bits per heavy atom. The number of carbonyl (C=O) groups excluding carboxylic acids is 1. The molecule has 2 unspecified atom stereocenters. The van der Waals surface area contributed by atoms with Gasteiger partial charge in [0.05, 0.1) is 6.61 Å². The number of fused-ring (bicyclic) bond motifs is 2. The van der Waals surface area contributed by atoms with Gasteiger partial charge in [0.1, 0.15) is 0 Å². The summed E-state index contributed by atoms with van der Waals surface area (Å²) in [7, 11) is 0. The lowest BCUT2D eigenvalue weighted by molar-refractivity contribution is 0.0756. The highest BCUT2D eigenvalue weighted by molar-refractivity contribution is 14.1. The van der Waals surface area contributed by atoms with Gasteiger partial charge in [-0.15, -0.1) is 0 Å². The Labute approximate surface area is 98.3 Å². The van der Waals surface area contributed by atoms with Gasteiger partial charge in [-0.3, -0.25) is 0 Å². The monoisotopic (exact) mass is 309 g/mol. The third kappa shape index (κ3) is 1.85. The normalized spacial score (nSPS) is 35.9. The van der Waals surface area contributed by atoms with E-state index in [-0.39, 0.29) is 6.09 Å². The zero-order chi connectivity index (χ0) is 10.1. The van der Waals surface area contributed by atoms with Crippen molar-refractivity contribution in [3.05, 3.63) is 0 Å². The average Bonchev–Trinajstić information content (AvgIpc) is 2.39. The van der Waals surface area contributed by atoms with Gasteiger partial charge in [0.15, 0.2) is 0 Å². The standard InChI is InChI=1S/C10H16INO2/c1-2-14-10(13)12-8-3-4-9(12)6-7(11)5-8/h7-9H,2-6H2,1H3. The van der Waals surface area contributed by atoms with Crippen LogP contribution < -0.4 is 0 Å². The summed E-state index contributed by atoms with van der Waals surface area (Å²) in [5, 5.41) is 0. The Morgan fingerprint density at radius 3 is 2.50 bits per heavy atom. The first-order chi connectivity index (χ1) is 6.72. The number of amides is 1. The Morgan fingerprint density at radius 2 is 2.00 bits per heavy atom. The molecule has 2 heterocycles. The van der Waals surface area contributed by atoms with Crippen molar-refractivity contribution in [2.24, 2.45) is 0 Å². The fourth-order valence-electron chi connectivity index (χ4n) is 2.61. The SMILES string of the molecule is CCOC(=O)N1C2CCC1CC(I)C2. The van der Waals surface area contributed by atoms with Gasteiger partial charge in [0.25, 0.3) is 0 Å². The van der Waals surface area contributed by atoms with Gasteiger partial charge < -0.3 is 9.64 Å². The number of piperidine rings is 1. The van der Waals surface area contributed by atoms with Crippen LogP contribution in [0.2, 0.25) is 0 Å². The molecule has 0 aromatic heterocycles. The summed E-state index contributed by atoms with van der Waals surface area (Å²) in [6, 6.07) is 0.907. The number of halogens is 1. The van der Waals surface area contributed by atoms with Crippen molar-refractivity contribution in [3.8, 4) is 0 Å². The molecule has 0 spiro atoms. The highest BCUT2D eigenvalue weighted by Gasteiger charge is 2.43. The fourth-order valence-corrected chi connectivity index (χ4v) is 3.78. The van der Waals surface area contributed by atoms with E-state index < -0.39 is 0 Å². The molecule has 2 atom stereocenters. The van der Waals surface area contributed by atoms with Crippen LogP contribution in [0.4, 0.5) is 4.79 Å². The van der Waals surface area contributed by atoms with Crippen LogP contribution >= 0.6 is 22.6 Å². The first-order valence-corrected chi connectivity index (χ1v) is 6.56. The predicted octanol–water partition coefficient (Wildman–Crippen LogP) is 2.57. The van der Waals surface area contributed by atoms with Crippen LogP contribution in [0.1, 0.15) is 32.6 Å². The summed E-state index contributed by atoms with van der Waals surface area (Å²) in [6.07, 6.45) is 4.54. The number of nitrogens with zero attached hydrogens (tertiary/aromatic N) is 1. The molecule has 14 heavy (non-hydrogen) atoms. The molecule has 2 rings (SSSR count). The quantitative estimate of drug-likeness (QED) is 0.550. The number of hydrogen-bond acceptors (Lipinski definition) is 2. The zero-order valence-corrected chi connectivity index (χ0v) is 10.6. The summed E-state index contributed by atoms with van der Waals surface area (Å²) in [6.45, 7) is 2.35. The van der Waals surface area contributed by atoms with Crippen molar-refractivity contribution in [1.82, 2.24) is 4.90 Å². The van der Waals surface area contributed by atoms with Crippen LogP contribution in [-0.2, 0) is 4.74 Å². The van der Waals surface area contributed by atoms with E-state index in [0.29, 0.717) is 18.7 Å². The van der Waals surface area contributed by atoms with Gasteiger partial charge in [0.2, 0.25) is 0 Å². The van der Waals surface area contributed by atoms with E-state index in [1.54, 1.807) is 0 Å².